The number of alkyl halides is 3. The number of carbonyl (C=O) groups excluding carboxylic acids is 1. The normalized spacial score (nSPS) is 14.6. The standard InChI is InChI=1S/C17H15Cl2F3N4O/c18-10-4-5-12(19)13(6-10)25-16-24-8-11(14(26-16)17(20,21)22)15(27)23-7-9-2-1-3-9/h4-6,8-9H,1-3,7H2,(H,23,27)(H,24,25,26). The molecule has 1 aromatic heterocycles. The molecule has 1 aromatic carbocycles. The van der Waals surface area contributed by atoms with E-state index in [1.165, 1.54) is 18.2 Å². The summed E-state index contributed by atoms with van der Waals surface area (Å²) in [7, 11) is 0. The molecule has 1 saturated carbocycles. The van der Waals surface area contributed by atoms with Gasteiger partial charge in [0.25, 0.3) is 5.91 Å². The third-order valence-electron chi connectivity index (χ3n) is 4.25. The molecule has 144 valence electrons. The van der Waals surface area contributed by atoms with Crippen molar-refractivity contribution in [2.24, 2.45) is 5.92 Å². The van der Waals surface area contributed by atoms with E-state index in [4.69, 9.17) is 23.2 Å². The van der Waals surface area contributed by atoms with Gasteiger partial charge in [0.2, 0.25) is 5.95 Å². The molecule has 0 unspecified atom stereocenters. The molecule has 5 nitrogen and oxygen atoms in total. The highest BCUT2D eigenvalue weighted by atomic mass is 35.5. The first-order valence-corrected chi connectivity index (χ1v) is 8.94. The number of nitrogens with one attached hydrogen (secondary N) is 2. The first-order chi connectivity index (χ1) is 12.7. The lowest BCUT2D eigenvalue weighted by Gasteiger charge is -2.25. The first-order valence-electron chi connectivity index (χ1n) is 8.18. The van der Waals surface area contributed by atoms with E-state index in [1.807, 2.05) is 0 Å². The van der Waals surface area contributed by atoms with Gasteiger partial charge < -0.3 is 10.6 Å². The number of aromatic nitrogens is 2. The molecule has 10 heteroatoms. The fourth-order valence-corrected chi connectivity index (χ4v) is 2.90. The Morgan fingerprint density at radius 3 is 2.63 bits per heavy atom. The van der Waals surface area contributed by atoms with Crippen LogP contribution >= 0.6 is 23.2 Å². The molecule has 1 amide bonds. The molecular weight excluding hydrogens is 404 g/mol. The van der Waals surface area contributed by atoms with Gasteiger partial charge in [0, 0.05) is 17.8 Å². The number of amides is 1. The second-order valence-electron chi connectivity index (χ2n) is 6.21. The van der Waals surface area contributed by atoms with Gasteiger partial charge in [-0.05, 0) is 37.0 Å². The minimum atomic E-state index is -4.82. The summed E-state index contributed by atoms with van der Waals surface area (Å²) in [6.45, 7) is 0.342. The fraction of sp³-hybridized carbons (Fsp3) is 0.353. The Kier molecular flexibility index (Phi) is 5.76. The van der Waals surface area contributed by atoms with Crippen LogP contribution in [0, 0.1) is 5.92 Å². The van der Waals surface area contributed by atoms with E-state index >= 15 is 0 Å². The molecule has 1 heterocycles. The molecule has 0 spiro atoms. The molecule has 27 heavy (non-hydrogen) atoms. The van der Waals surface area contributed by atoms with Gasteiger partial charge in [-0.1, -0.05) is 29.6 Å². The molecular formula is C17H15Cl2F3N4O. The summed E-state index contributed by atoms with van der Waals surface area (Å²) in [5, 5.41) is 5.68. The van der Waals surface area contributed by atoms with Crippen molar-refractivity contribution in [3.63, 3.8) is 0 Å². The van der Waals surface area contributed by atoms with Crippen molar-refractivity contribution in [3.05, 3.63) is 45.7 Å². The van der Waals surface area contributed by atoms with Crippen LogP contribution in [0.3, 0.4) is 0 Å². The SMILES string of the molecule is O=C(NCC1CCC1)c1cnc(Nc2cc(Cl)ccc2Cl)nc1C(F)(F)F. The van der Waals surface area contributed by atoms with Crippen molar-refractivity contribution in [1.29, 1.82) is 0 Å². The average molecular weight is 419 g/mol. The summed E-state index contributed by atoms with van der Waals surface area (Å²) in [4.78, 5) is 19.5. The number of halogens is 5. The molecule has 0 radical (unpaired) electrons. The van der Waals surface area contributed by atoms with Gasteiger partial charge in [-0.2, -0.15) is 13.2 Å². The van der Waals surface area contributed by atoms with Crippen molar-refractivity contribution in [2.45, 2.75) is 25.4 Å². The predicted octanol–water partition coefficient (Wildman–Crippen LogP) is 5.08. The van der Waals surface area contributed by atoms with Crippen molar-refractivity contribution in [1.82, 2.24) is 15.3 Å². The third kappa shape index (κ3) is 4.81. The Hall–Kier alpha value is -2.06. The lowest BCUT2D eigenvalue weighted by molar-refractivity contribution is -0.141. The highest BCUT2D eigenvalue weighted by Gasteiger charge is 2.38. The number of hydrogen-bond donors (Lipinski definition) is 2. The molecule has 0 aliphatic heterocycles. The molecule has 1 aliphatic rings. The van der Waals surface area contributed by atoms with Crippen LogP contribution in [0.25, 0.3) is 0 Å². The van der Waals surface area contributed by atoms with E-state index < -0.39 is 23.3 Å². The molecule has 3 rings (SSSR count). The van der Waals surface area contributed by atoms with Gasteiger partial charge in [0.05, 0.1) is 16.3 Å². The molecule has 0 saturated heterocycles. The minimum absolute atomic E-state index is 0.235. The Balaban J connectivity index is 1.85. The number of nitrogens with zero attached hydrogens (tertiary/aromatic N) is 2. The van der Waals surface area contributed by atoms with Crippen molar-refractivity contribution in [3.8, 4) is 0 Å². The predicted molar refractivity (Wildman–Crippen MR) is 96.5 cm³/mol. The highest BCUT2D eigenvalue weighted by molar-refractivity contribution is 6.35. The van der Waals surface area contributed by atoms with Crippen LogP contribution in [0.4, 0.5) is 24.8 Å². The van der Waals surface area contributed by atoms with Crippen LogP contribution in [-0.4, -0.2) is 22.4 Å². The summed E-state index contributed by atoms with van der Waals surface area (Å²) < 4.78 is 40.2. The zero-order valence-electron chi connectivity index (χ0n) is 13.9. The quantitative estimate of drug-likeness (QED) is 0.710. The summed E-state index contributed by atoms with van der Waals surface area (Å²) in [5.41, 5.74) is -1.69. The van der Waals surface area contributed by atoms with Crippen LogP contribution < -0.4 is 10.6 Å². The minimum Gasteiger partial charge on any atom is -0.352 e. The van der Waals surface area contributed by atoms with Crippen LogP contribution in [0.1, 0.15) is 35.3 Å². The molecule has 2 aromatic rings. The maximum atomic E-state index is 13.4. The van der Waals surface area contributed by atoms with Crippen molar-refractivity contribution < 1.29 is 18.0 Å². The summed E-state index contributed by atoms with van der Waals surface area (Å²) in [6, 6.07) is 4.45. The van der Waals surface area contributed by atoms with Gasteiger partial charge in [0.1, 0.15) is 0 Å². The Morgan fingerprint density at radius 1 is 1.26 bits per heavy atom. The fourth-order valence-electron chi connectivity index (χ4n) is 2.57. The largest absolute Gasteiger partial charge is 0.434 e. The van der Waals surface area contributed by atoms with Gasteiger partial charge in [0.15, 0.2) is 5.69 Å². The molecule has 1 aliphatic carbocycles. The second kappa shape index (κ2) is 7.90. The Morgan fingerprint density at radius 2 is 2.00 bits per heavy atom. The van der Waals surface area contributed by atoms with Crippen molar-refractivity contribution in [2.75, 3.05) is 11.9 Å². The zero-order chi connectivity index (χ0) is 19.6. The van der Waals surface area contributed by atoms with Crippen LogP contribution in [0.15, 0.2) is 24.4 Å². The van der Waals surface area contributed by atoms with Gasteiger partial charge in [-0.15, -0.1) is 0 Å². The molecule has 0 atom stereocenters. The lowest BCUT2D eigenvalue weighted by Crippen LogP contribution is -2.33. The van der Waals surface area contributed by atoms with Gasteiger partial charge >= 0.3 is 6.18 Å². The van der Waals surface area contributed by atoms with Crippen LogP contribution in [0.5, 0.6) is 0 Å². The number of benzene rings is 1. The zero-order valence-corrected chi connectivity index (χ0v) is 15.4. The molecule has 1 fully saturated rings. The van der Waals surface area contributed by atoms with E-state index in [-0.39, 0.29) is 16.7 Å². The summed E-state index contributed by atoms with van der Waals surface area (Å²) in [6.07, 6.45) is -0.963. The Bertz CT molecular complexity index is 857. The number of hydrogen-bond acceptors (Lipinski definition) is 4. The van der Waals surface area contributed by atoms with E-state index in [0.29, 0.717) is 17.5 Å². The maximum Gasteiger partial charge on any atom is 0.434 e. The maximum absolute atomic E-state index is 13.4. The third-order valence-corrected chi connectivity index (χ3v) is 4.82. The van der Waals surface area contributed by atoms with Gasteiger partial charge in [-0.25, -0.2) is 9.97 Å². The van der Waals surface area contributed by atoms with Crippen molar-refractivity contribution >= 4 is 40.7 Å². The lowest BCUT2D eigenvalue weighted by atomic mass is 9.85. The molecule has 0 bridgehead atoms. The number of carbonyl (C=O) groups is 1. The smallest absolute Gasteiger partial charge is 0.352 e. The first kappa shape index (κ1) is 19.7. The van der Waals surface area contributed by atoms with E-state index in [2.05, 4.69) is 20.6 Å². The average Bonchev–Trinajstić information content (AvgIpc) is 2.56. The monoisotopic (exact) mass is 418 g/mol. The van der Waals surface area contributed by atoms with E-state index in [9.17, 15) is 18.0 Å². The summed E-state index contributed by atoms with van der Waals surface area (Å²) in [5.74, 6) is -0.876. The Labute approximate surface area is 163 Å². The topological polar surface area (TPSA) is 66.9 Å². The second-order valence-corrected chi connectivity index (χ2v) is 7.05. The van der Waals surface area contributed by atoms with Crippen LogP contribution in [0.2, 0.25) is 10.0 Å². The van der Waals surface area contributed by atoms with E-state index in [1.54, 1.807) is 0 Å². The van der Waals surface area contributed by atoms with Crippen LogP contribution in [-0.2, 0) is 6.18 Å². The molecule has 2 N–H and O–H groups in total. The van der Waals surface area contributed by atoms with Gasteiger partial charge in [-0.3, -0.25) is 4.79 Å². The number of rotatable bonds is 5. The highest BCUT2D eigenvalue weighted by Crippen LogP contribution is 2.33. The number of anilines is 2. The summed E-state index contributed by atoms with van der Waals surface area (Å²) >= 11 is 11.8. The van der Waals surface area contributed by atoms with E-state index in [0.717, 1.165) is 25.5 Å².